The molecule has 4 aromatic carbocycles. The second kappa shape index (κ2) is 10.2. The van der Waals surface area contributed by atoms with E-state index in [1.165, 1.54) is 11.8 Å². The Labute approximate surface area is 208 Å². The van der Waals surface area contributed by atoms with Crippen LogP contribution in [0.5, 0.6) is 11.5 Å². The van der Waals surface area contributed by atoms with E-state index in [1.807, 2.05) is 85.8 Å². The molecule has 6 heteroatoms. The van der Waals surface area contributed by atoms with Gasteiger partial charge < -0.3 is 14.2 Å². The first-order chi connectivity index (χ1) is 17.2. The molecule has 5 rings (SSSR count). The molecule has 0 atom stereocenters. The lowest BCUT2D eigenvalue weighted by atomic mass is 9.83. The zero-order chi connectivity index (χ0) is 24.2. The number of fused-ring (bicyclic) bond motifs is 2. The summed E-state index contributed by atoms with van der Waals surface area (Å²) in [6.45, 7) is 2.99. The lowest BCUT2D eigenvalue weighted by Crippen LogP contribution is -2.14. The van der Waals surface area contributed by atoms with E-state index in [9.17, 15) is 9.59 Å². The Hall–Kier alpha value is -3.77. The fourth-order valence-electron chi connectivity index (χ4n) is 4.27. The number of ether oxygens (including phenoxy) is 3. The van der Waals surface area contributed by atoms with Crippen molar-refractivity contribution in [1.82, 2.24) is 0 Å². The summed E-state index contributed by atoms with van der Waals surface area (Å²) in [5, 5.41) is 1.91. The third kappa shape index (κ3) is 4.75. The Morgan fingerprint density at radius 3 is 2.23 bits per heavy atom. The van der Waals surface area contributed by atoms with Gasteiger partial charge in [-0.25, -0.2) is 0 Å². The van der Waals surface area contributed by atoms with Crippen molar-refractivity contribution in [1.29, 1.82) is 0 Å². The molecule has 35 heavy (non-hydrogen) atoms. The van der Waals surface area contributed by atoms with Gasteiger partial charge in [0, 0.05) is 21.4 Å². The monoisotopic (exact) mass is 484 g/mol. The Bertz CT molecular complexity index is 1390. The lowest BCUT2D eigenvalue weighted by Gasteiger charge is -2.21. The summed E-state index contributed by atoms with van der Waals surface area (Å²) in [7, 11) is 0. The van der Waals surface area contributed by atoms with E-state index in [0.717, 1.165) is 38.1 Å². The van der Waals surface area contributed by atoms with Gasteiger partial charge in [-0.05, 0) is 53.8 Å². The number of ketones is 1. The zero-order valence-corrected chi connectivity index (χ0v) is 20.1. The first kappa shape index (κ1) is 23.0. The summed E-state index contributed by atoms with van der Waals surface area (Å²) < 4.78 is 16.4. The van der Waals surface area contributed by atoms with Crippen molar-refractivity contribution in [2.45, 2.75) is 11.8 Å². The lowest BCUT2D eigenvalue weighted by molar-refractivity contribution is -0.141. The van der Waals surface area contributed by atoms with Crippen LogP contribution in [0, 0.1) is 0 Å². The molecule has 0 radical (unpaired) electrons. The van der Waals surface area contributed by atoms with Gasteiger partial charge in [0.1, 0.15) is 24.7 Å². The predicted molar refractivity (Wildman–Crippen MR) is 138 cm³/mol. The highest BCUT2D eigenvalue weighted by Gasteiger charge is 2.25. The number of thioether (sulfide) groups is 1. The van der Waals surface area contributed by atoms with Crippen molar-refractivity contribution in [3.8, 4) is 22.6 Å². The van der Waals surface area contributed by atoms with Crippen LogP contribution in [0.2, 0.25) is 0 Å². The van der Waals surface area contributed by atoms with Crippen LogP contribution in [-0.4, -0.2) is 37.3 Å². The van der Waals surface area contributed by atoms with Crippen molar-refractivity contribution >= 4 is 34.3 Å². The number of esters is 1. The largest absolute Gasteiger partial charge is 0.494 e. The van der Waals surface area contributed by atoms with Crippen LogP contribution >= 0.6 is 11.8 Å². The topological polar surface area (TPSA) is 61.8 Å². The van der Waals surface area contributed by atoms with E-state index in [2.05, 4.69) is 0 Å². The van der Waals surface area contributed by atoms with Crippen LogP contribution in [0.15, 0.2) is 83.8 Å². The maximum absolute atomic E-state index is 13.1. The minimum Gasteiger partial charge on any atom is -0.494 e. The van der Waals surface area contributed by atoms with Gasteiger partial charge in [-0.3, -0.25) is 9.59 Å². The molecule has 0 saturated heterocycles. The molecule has 0 bridgehead atoms. The third-order valence-corrected chi connectivity index (χ3v) is 6.85. The van der Waals surface area contributed by atoms with E-state index >= 15 is 0 Å². The number of benzene rings is 4. The minimum absolute atomic E-state index is 0.0350. The second-order valence-electron chi connectivity index (χ2n) is 7.98. The van der Waals surface area contributed by atoms with Crippen LogP contribution in [0.4, 0.5) is 0 Å². The molecule has 0 N–H and O–H groups in total. The van der Waals surface area contributed by atoms with E-state index in [4.69, 9.17) is 14.2 Å². The van der Waals surface area contributed by atoms with Crippen LogP contribution in [0.3, 0.4) is 0 Å². The van der Waals surface area contributed by atoms with Crippen LogP contribution in [0.1, 0.15) is 22.8 Å². The Morgan fingerprint density at radius 2 is 1.46 bits per heavy atom. The summed E-state index contributed by atoms with van der Waals surface area (Å²) in [4.78, 5) is 26.3. The minimum atomic E-state index is -0.313. The van der Waals surface area contributed by atoms with E-state index < -0.39 is 0 Å². The average Bonchev–Trinajstić information content (AvgIpc) is 2.89. The second-order valence-corrected chi connectivity index (χ2v) is 8.99. The van der Waals surface area contributed by atoms with Gasteiger partial charge in [-0.2, -0.15) is 0 Å². The molecule has 1 aliphatic rings. The third-order valence-electron chi connectivity index (χ3n) is 5.80. The highest BCUT2D eigenvalue weighted by atomic mass is 32.2. The summed E-state index contributed by atoms with van der Waals surface area (Å²) in [6, 6.07) is 24.8. The van der Waals surface area contributed by atoms with Gasteiger partial charge in [-0.1, -0.05) is 48.5 Å². The molecule has 0 heterocycles. The Kier molecular flexibility index (Phi) is 6.73. The zero-order valence-electron chi connectivity index (χ0n) is 19.3. The highest BCUT2D eigenvalue weighted by Crippen LogP contribution is 2.42. The molecule has 176 valence electrons. The summed E-state index contributed by atoms with van der Waals surface area (Å²) in [6.07, 6.45) is 0. The number of carbonyl (C=O) groups is 2. The van der Waals surface area contributed by atoms with Crippen molar-refractivity contribution in [3.63, 3.8) is 0 Å². The molecule has 1 aliphatic carbocycles. The van der Waals surface area contributed by atoms with Gasteiger partial charge in [0.2, 0.25) is 0 Å². The van der Waals surface area contributed by atoms with E-state index in [1.54, 1.807) is 0 Å². The van der Waals surface area contributed by atoms with Crippen molar-refractivity contribution in [3.05, 3.63) is 90.0 Å². The van der Waals surface area contributed by atoms with Gasteiger partial charge >= 0.3 is 5.97 Å². The quantitative estimate of drug-likeness (QED) is 0.142. The van der Waals surface area contributed by atoms with Crippen LogP contribution < -0.4 is 9.47 Å². The number of carbonyl (C=O) groups excluding carboxylic acids is 2. The number of hydrogen-bond acceptors (Lipinski definition) is 6. The fourth-order valence-corrected chi connectivity index (χ4v) is 5.12. The van der Waals surface area contributed by atoms with Crippen LogP contribution in [0.25, 0.3) is 21.9 Å². The van der Waals surface area contributed by atoms with E-state index in [-0.39, 0.29) is 30.7 Å². The molecular weight excluding hydrogens is 460 g/mol. The predicted octanol–water partition coefficient (Wildman–Crippen LogP) is 6.16. The molecule has 0 saturated carbocycles. The molecule has 0 aliphatic heterocycles. The normalized spacial score (nSPS) is 11.7. The highest BCUT2D eigenvalue weighted by molar-refractivity contribution is 8.00. The first-order valence-corrected chi connectivity index (χ1v) is 12.5. The summed E-state index contributed by atoms with van der Waals surface area (Å²) in [5.41, 5.74) is 3.42. The van der Waals surface area contributed by atoms with Crippen LogP contribution in [-0.2, 0) is 9.53 Å². The average molecular weight is 485 g/mol. The van der Waals surface area contributed by atoms with Gasteiger partial charge in [0.15, 0.2) is 5.78 Å². The number of rotatable bonds is 9. The molecule has 5 nitrogen and oxygen atoms in total. The molecule has 4 aromatic rings. The van der Waals surface area contributed by atoms with Crippen molar-refractivity contribution < 1.29 is 23.8 Å². The van der Waals surface area contributed by atoms with Crippen molar-refractivity contribution in [2.24, 2.45) is 0 Å². The molecule has 0 amide bonds. The smallest absolute Gasteiger partial charge is 0.316 e. The number of hydrogen-bond donors (Lipinski definition) is 0. The van der Waals surface area contributed by atoms with Gasteiger partial charge in [0.05, 0.1) is 12.4 Å². The molecule has 0 fully saturated rings. The summed E-state index contributed by atoms with van der Waals surface area (Å²) >= 11 is 1.41. The summed E-state index contributed by atoms with van der Waals surface area (Å²) in [5.74, 6) is 1.38. The molecule has 0 unspecified atom stereocenters. The standard InChI is InChI=1S/C29H24O5S/c1-2-32-19-10-12-20(13-11-19)33-16-17-34-27(30)18-35-26-15-14-22-21-6-3-4-7-23(21)29(31)25-9-5-8-24(26)28(22)25/h3-15H,2,16-18H2,1H3. The maximum atomic E-state index is 13.1. The Balaban J connectivity index is 1.21. The molecular formula is C29H24O5S. The first-order valence-electron chi connectivity index (χ1n) is 11.5. The maximum Gasteiger partial charge on any atom is 0.316 e. The molecule has 0 aromatic heterocycles. The SMILES string of the molecule is CCOc1ccc(OCCOC(=O)CSc2ccc3c4c(cccc24)C(=O)c2ccccc2-3)cc1. The van der Waals surface area contributed by atoms with E-state index in [0.29, 0.717) is 17.9 Å². The fraction of sp³-hybridized carbons (Fsp3) is 0.172. The van der Waals surface area contributed by atoms with Crippen molar-refractivity contribution in [2.75, 3.05) is 25.6 Å². The van der Waals surface area contributed by atoms with Gasteiger partial charge in [0.25, 0.3) is 0 Å². The Morgan fingerprint density at radius 1 is 0.743 bits per heavy atom. The molecule has 0 spiro atoms. The van der Waals surface area contributed by atoms with Gasteiger partial charge in [-0.15, -0.1) is 11.8 Å².